The first-order valence-electron chi connectivity index (χ1n) is 22.3. The zero-order valence-electron chi connectivity index (χ0n) is 36.5. The van der Waals surface area contributed by atoms with Crippen LogP contribution in [0.5, 0.6) is 0 Å². The van der Waals surface area contributed by atoms with Crippen LogP contribution in [0.4, 0.5) is 0 Å². The minimum atomic E-state index is -5.07. The molecule has 0 aromatic rings. The Morgan fingerprint density at radius 3 is 1.68 bits per heavy atom. The monoisotopic (exact) mass is 867 g/mol. The van der Waals surface area contributed by atoms with Gasteiger partial charge in [0, 0.05) is 13.0 Å². The maximum Gasteiger partial charge on any atom is 0.397 e. The van der Waals surface area contributed by atoms with E-state index in [1.54, 1.807) is 0 Å². The predicted molar refractivity (Wildman–Crippen MR) is 239 cm³/mol. The minimum Gasteiger partial charge on any atom is -0.457 e. The van der Waals surface area contributed by atoms with Crippen LogP contribution in [-0.2, 0) is 38.3 Å². The van der Waals surface area contributed by atoms with Gasteiger partial charge >= 0.3 is 16.4 Å². The van der Waals surface area contributed by atoms with Gasteiger partial charge in [-0.1, -0.05) is 137 Å². The summed E-state index contributed by atoms with van der Waals surface area (Å²) in [5.41, 5.74) is 0. The summed E-state index contributed by atoms with van der Waals surface area (Å²) >= 11 is 0. The van der Waals surface area contributed by atoms with E-state index in [9.17, 15) is 28.5 Å². The van der Waals surface area contributed by atoms with E-state index in [0.717, 1.165) is 96.3 Å². The van der Waals surface area contributed by atoms with Gasteiger partial charge in [-0.2, -0.15) is 8.42 Å². The van der Waals surface area contributed by atoms with E-state index >= 15 is 0 Å². The molecule has 1 aliphatic heterocycles. The molecule has 1 rings (SSSR count). The number of hydrogen-bond acceptors (Lipinski definition) is 11. The van der Waals surface area contributed by atoms with Crippen LogP contribution in [0.15, 0.2) is 85.1 Å². The molecule has 60 heavy (non-hydrogen) atoms. The average molecular weight is 867 g/mol. The molecule has 1 aliphatic rings. The molecule has 0 aromatic heterocycles. The Bertz CT molecular complexity index is 1370. The topological polar surface area (TPSA) is 178 Å². The zero-order chi connectivity index (χ0) is 43.9. The highest BCUT2D eigenvalue weighted by molar-refractivity contribution is 7.80. The Balaban J connectivity index is 2.48. The molecule has 6 unspecified atom stereocenters. The molecular formula is C47H78O12S. The molecule has 0 amide bonds. The van der Waals surface area contributed by atoms with Gasteiger partial charge in [-0.15, -0.1) is 0 Å². The highest BCUT2D eigenvalue weighted by Crippen LogP contribution is 2.26. The van der Waals surface area contributed by atoms with Gasteiger partial charge in [0.25, 0.3) is 0 Å². The summed E-state index contributed by atoms with van der Waals surface area (Å²) in [5, 5.41) is 30.6. The van der Waals surface area contributed by atoms with Crippen molar-refractivity contribution < 1.29 is 56.2 Å². The van der Waals surface area contributed by atoms with Crippen molar-refractivity contribution in [1.29, 1.82) is 0 Å². The van der Waals surface area contributed by atoms with Crippen LogP contribution in [0.2, 0.25) is 0 Å². The van der Waals surface area contributed by atoms with E-state index in [1.807, 2.05) is 0 Å². The van der Waals surface area contributed by atoms with E-state index in [-0.39, 0.29) is 19.6 Å². The Morgan fingerprint density at radius 1 is 0.650 bits per heavy atom. The van der Waals surface area contributed by atoms with Crippen molar-refractivity contribution in [3.8, 4) is 0 Å². The van der Waals surface area contributed by atoms with Crippen LogP contribution in [0, 0.1) is 0 Å². The largest absolute Gasteiger partial charge is 0.457 e. The van der Waals surface area contributed by atoms with Gasteiger partial charge in [-0.25, -0.2) is 4.18 Å². The van der Waals surface area contributed by atoms with Gasteiger partial charge in [-0.3, -0.25) is 9.35 Å². The van der Waals surface area contributed by atoms with Gasteiger partial charge in [0.15, 0.2) is 6.29 Å². The fourth-order valence-electron chi connectivity index (χ4n) is 6.15. The van der Waals surface area contributed by atoms with Gasteiger partial charge in [0.1, 0.15) is 30.5 Å². The lowest BCUT2D eigenvalue weighted by Gasteiger charge is -2.41. The first kappa shape index (κ1) is 55.3. The fraction of sp³-hybridized carbons (Fsp3) is 0.681. The number of hydrogen-bond donors (Lipinski definition) is 4. The summed E-state index contributed by atoms with van der Waals surface area (Å²) in [7, 11) is -5.07. The van der Waals surface area contributed by atoms with E-state index in [2.05, 4.69) is 103 Å². The molecule has 12 nitrogen and oxygen atoms in total. The molecular weight excluding hydrogens is 789 g/mol. The van der Waals surface area contributed by atoms with Gasteiger partial charge < -0.3 is 34.3 Å². The summed E-state index contributed by atoms with van der Waals surface area (Å²) in [6, 6.07) is 0. The summed E-state index contributed by atoms with van der Waals surface area (Å²) < 4.78 is 59.0. The van der Waals surface area contributed by atoms with Crippen LogP contribution in [0.25, 0.3) is 0 Å². The van der Waals surface area contributed by atoms with E-state index in [1.165, 1.54) is 19.3 Å². The summed E-state index contributed by atoms with van der Waals surface area (Å²) in [6.45, 7) is 3.72. The van der Waals surface area contributed by atoms with Crippen molar-refractivity contribution >= 4 is 16.4 Å². The first-order valence-corrected chi connectivity index (χ1v) is 23.7. The molecule has 4 N–H and O–H groups in total. The van der Waals surface area contributed by atoms with Crippen LogP contribution < -0.4 is 0 Å². The van der Waals surface area contributed by atoms with Crippen LogP contribution in [0.1, 0.15) is 142 Å². The second-order valence-electron chi connectivity index (χ2n) is 14.9. The Kier molecular flexibility index (Phi) is 35.0. The lowest BCUT2D eigenvalue weighted by Crippen LogP contribution is -2.60. The maximum atomic E-state index is 12.8. The molecule has 0 aromatic carbocycles. The third-order valence-corrected chi connectivity index (χ3v) is 9.95. The zero-order valence-corrected chi connectivity index (χ0v) is 37.3. The molecule has 13 heteroatoms. The van der Waals surface area contributed by atoms with E-state index in [0.29, 0.717) is 13.0 Å². The third-order valence-electron chi connectivity index (χ3n) is 9.48. The molecule has 0 radical (unpaired) electrons. The maximum absolute atomic E-state index is 12.8. The van der Waals surface area contributed by atoms with Crippen molar-refractivity contribution in [3.63, 3.8) is 0 Å². The number of carbonyl (C=O) groups is 1. The number of esters is 1. The van der Waals surface area contributed by atoms with E-state index < -0.39 is 59.8 Å². The van der Waals surface area contributed by atoms with Crippen molar-refractivity contribution in [3.05, 3.63) is 85.1 Å². The molecule has 0 bridgehead atoms. The number of allylic oxidation sites excluding steroid dienone is 14. The smallest absolute Gasteiger partial charge is 0.397 e. The SMILES string of the molecule is CC/C=C\C/C=C\C/C=C\C/C=C\C/C=C\CCCCCC(=O)OC(COCCCCCCCC/C=C\C/C=C\CCC)COC1OC(CO)C(O)C(OS(=O)(=O)O)C1O. The normalized spacial score (nSPS) is 21.1. The van der Waals surface area contributed by atoms with Crippen LogP contribution >= 0.6 is 0 Å². The second kappa shape index (κ2) is 38.0. The summed E-state index contributed by atoms with van der Waals surface area (Å²) in [5.74, 6) is -0.439. The molecule has 0 spiro atoms. The van der Waals surface area contributed by atoms with Crippen molar-refractivity contribution in [2.45, 2.75) is 179 Å². The van der Waals surface area contributed by atoms with E-state index in [4.69, 9.17) is 23.5 Å². The summed E-state index contributed by atoms with van der Waals surface area (Å²) in [4.78, 5) is 12.8. The fourth-order valence-corrected chi connectivity index (χ4v) is 6.65. The van der Waals surface area contributed by atoms with Gasteiger partial charge in [0.2, 0.25) is 0 Å². The van der Waals surface area contributed by atoms with Gasteiger partial charge in [0.05, 0.1) is 19.8 Å². The number of aliphatic hydroxyl groups excluding tert-OH is 3. The lowest BCUT2D eigenvalue weighted by molar-refractivity contribution is -0.301. The Morgan fingerprint density at radius 2 is 1.15 bits per heavy atom. The van der Waals surface area contributed by atoms with Crippen molar-refractivity contribution in [2.75, 3.05) is 26.4 Å². The highest BCUT2D eigenvalue weighted by Gasteiger charge is 2.48. The summed E-state index contributed by atoms with van der Waals surface area (Å²) in [6.07, 6.45) is 40.4. The van der Waals surface area contributed by atoms with Crippen molar-refractivity contribution in [1.82, 2.24) is 0 Å². The van der Waals surface area contributed by atoms with Crippen LogP contribution in [0.3, 0.4) is 0 Å². The molecule has 1 fully saturated rings. The highest BCUT2D eigenvalue weighted by atomic mass is 32.3. The van der Waals surface area contributed by atoms with Crippen molar-refractivity contribution in [2.24, 2.45) is 0 Å². The third kappa shape index (κ3) is 31.2. The lowest BCUT2D eigenvalue weighted by atomic mass is 9.99. The second-order valence-corrected chi connectivity index (χ2v) is 15.9. The van der Waals surface area contributed by atoms with Gasteiger partial charge in [-0.05, 0) is 83.5 Å². The molecule has 1 saturated heterocycles. The number of unbranched alkanes of at least 4 members (excludes halogenated alkanes) is 10. The average Bonchev–Trinajstić information content (AvgIpc) is 3.22. The Hall–Kier alpha value is -2.72. The number of carbonyl (C=O) groups excluding carboxylic acids is 1. The number of rotatable bonds is 37. The molecule has 0 saturated carbocycles. The molecule has 0 aliphatic carbocycles. The minimum absolute atomic E-state index is 0.00952. The molecule has 6 atom stereocenters. The predicted octanol–water partition coefficient (Wildman–Crippen LogP) is 9.29. The van der Waals surface area contributed by atoms with Crippen LogP contribution in [-0.4, -0.2) is 97.5 Å². The Labute approximate surface area is 362 Å². The molecule has 344 valence electrons. The molecule has 1 heterocycles. The quantitative estimate of drug-likeness (QED) is 0.0202. The first-order chi connectivity index (χ1) is 29.1. The number of ether oxygens (including phenoxy) is 4. The number of aliphatic hydroxyl groups is 3. The standard InChI is InChI=1S/C47H78O12S/c1-3-5-7-9-11-13-15-17-19-20-21-22-23-24-26-28-30-32-34-36-43(49)57-41(39-55-37-35-33-31-29-27-25-18-16-14-12-10-8-6-4-2)40-56-47-45(51)46(59-60(52,53)54)44(50)42(38-48)58-47/h5,7-8,10-11,13-14,16-17,19,21-22,24,26,41-42,44-48,50-51H,3-4,6,9,12,15,18,20,23,25,27-40H2,1-2H3,(H,52,53,54)/b7-5-,10-8-,13-11-,16-14-,19-17-,22-21-,26-24-.